The maximum Gasteiger partial charge on any atom is 0.416 e. The van der Waals surface area contributed by atoms with Crippen LogP contribution in [0, 0.1) is 0 Å². The monoisotopic (exact) mass is 493 g/mol. The maximum atomic E-state index is 13.3. The highest BCUT2D eigenvalue weighted by molar-refractivity contribution is 6.30. The Balaban J connectivity index is 1.61. The van der Waals surface area contributed by atoms with Crippen LogP contribution in [0.1, 0.15) is 11.3 Å². The third kappa shape index (κ3) is 4.61. The van der Waals surface area contributed by atoms with Crippen molar-refractivity contribution >= 4 is 28.7 Å². The molecule has 9 heteroatoms. The average Bonchev–Trinajstić information content (AvgIpc) is 3.32. The molecule has 0 radical (unpaired) electrons. The Kier molecular flexibility index (Phi) is 5.74. The molecule has 174 valence electrons. The zero-order valence-corrected chi connectivity index (χ0v) is 18.6. The first-order valence-corrected chi connectivity index (χ1v) is 10.8. The lowest BCUT2D eigenvalue weighted by Gasteiger charge is -2.11. The number of aromatic nitrogens is 2. The van der Waals surface area contributed by atoms with Gasteiger partial charge in [0.25, 0.3) is 5.56 Å². The minimum Gasteiger partial charge on any atom is -0.455 e. The van der Waals surface area contributed by atoms with Crippen molar-refractivity contribution in [2.24, 2.45) is 5.10 Å². The first-order valence-electron chi connectivity index (χ1n) is 10.4. The number of fused-ring (bicyclic) bond motifs is 1. The summed E-state index contributed by atoms with van der Waals surface area (Å²) in [4.78, 5) is 17.7. The third-order valence-electron chi connectivity index (χ3n) is 5.26. The molecule has 5 aromatic rings. The number of rotatable bonds is 4. The van der Waals surface area contributed by atoms with Gasteiger partial charge in [0.15, 0.2) is 5.82 Å². The number of hydrogen-bond donors (Lipinski definition) is 0. The number of furan rings is 1. The molecule has 0 aliphatic carbocycles. The second-order valence-corrected chi connectivity index (χ2v) is 8.04. The molecular weight excluding hydrogens is 479 g/mol. The summed E-state index contributed by atoms with van der Waals surface area (Å²) in [6.45, 7) is 0. The first kappa shape index (κ1) is 22.6. The number of para-hydroxylation sites is 1. The SMILES string of the molecule is O=c1c2ccccc2nc(-c2cccc(C(F)(F)F)c2)n1N=Cc1ccc(-c2ccc(Cl)cc2)o1. The zero-order valence-electron chi connectivity index (χ0n) is 17.8. The van der Waals surface area contributed by atoms with Crippen LogP contribution in [0.5, 0.6) is 0 Å². The molecule has 0 spiro atoms. The lowest BCUT2D eigenvalue weighted by molar-refractivity contribution is -0.137. The molecule has 3 aromatic carbocycles. The van der Waals surface area contributed by atoms with Gasteiger partial charge in [-0.05, 0) is 60.7 Å². The average molecular weight is 494 g/mol. The molecule has 5 nitrogen and oxygen atoms in total. The van der Waals surface area contributed by atoms with Crippen LogP contribution in [0.25, 0.3) is 33.6 Å². The highest BCUT2D eigenvalue weighted by Crippen LogP contribution is 2.32. The van der Waals surface area contributed by atoms with Gasteiger partial charge in [0.05, 0.1) is 22.7 Å². The fraction of sp³-hybridized carbons (Fsp3) is 0.0385. The second-order valence-electron chi connectivity index (χ2n) is 7.60. The highest BCUT2D eigenvalue weighted by atomic mass is 35.5. The van der Waals surface area contributed by atoms with Gasteiger partial charge in [-0.1, -0.05) is 35.9 Å². The van der Waals surface area contributed by atoms with Crippen LogP contribution in [0.15, 0.2) is 99.2 Å². The number of nitrogens with zero attached hydrogens (tertiary/aromatic N) is 3. The van der Waals surface area contributed by atoms with E-state index >= 15 is 0 Å². The molecule has 0 amide bonds. The summed E-state index contributed by atoms with van der Waals surface area (Å²) in [5.41, 5.74) is -0.140. The van der Waals surface area contributed by atoms with E-state index in [-0.39, 0.29) is 16.8 Å². The van der Waals surface area contributed by atoms with E-state index in [0.29, 0.717) is 22.1 Å². The largest absolute Gasteiger partial charge is 0.455 e. The molecule has 0 bridgehead atoms. The molecule has 0 atom stereocenters. The van der Waals surface area contributed by atoms with Crippen molar-refractivity contribution in [3.63, 3.8) is 0 Å². The molecule has 0 saturated heterocycles. The van der Waals surface area contributed by atoms with Crippen LogP contribution in [-0.4, -0.2) is 15.9 Å². The standard InChI is InChI=1S/C26H15ClF3N3O2/c27-19-10-8-16(9-11-19)23-13-12-20(35-23)15-31-33-24(17-4-3-5-18(14-17)26(28,29)30)32-22-7-2-1-6-21(22)25(33)34/h1-15H. The van der Waals surface area contributed by atoms with Crippen LogP contribution < -0.4 is 5.56 Å². The van der Waals surface area contributed by atoms with Crippen molar-refractivity contribution in [2.75, 3.05) is 0 Å². The number of hydrogen-bond acceptors (Lipinski definition) is 4. The van der Waals surface area contributed by atoms with E-state index in [0.717, 1.165) is 22.4 Å². The van der Waals surface area contributed by atoms with Gasteiger partial charge in [-0.3, -0.25) is 4.79 Å². The van der Waals surface area contributed by atoms with Gasteiger partial charge in [0.2, 0.25) is 0 Å². The molecule has 2 aromatic heterocycles. The van der Waals surface area contributed by atoms with Gasteiger partial charge in [0.1, 0.15) is 11.5 Å². The summed E-state index contributed by atoms with van der Waals surface area (Å²) in [6, 6.07) is 21.6. The summed E-state index contributed by atoms with van der Waals surface area (Å²) in [5.74, 6) is 0.871. The molecular formula is C26H15ClF3N3O2. The van der Waals surface area contributed by atoms with Gasteiger partial charge in [-0.2, -0.15) is 22.9 Å². The zero-order chi connectivity index (χ0) is 24.6. The summed E-state index contributed by atoms with van der Waals surface area (Å²) < 4.78 is 46.7. The van der Waals surface area contributed by atoms with Crippen LogP contribution in [0.4, 0.5) is 13.2 Å². The Morgan fingerprint density at radius 2 is 1.69 bits per heavy atom. The normalized spacial score (nSPS) is 12.0. The minimum atomic E-state index is -4.55. The molecule has 35 heavy (non-hydrogen) atoms. The van der Waals surface area contributed by atoms with Crippen LogP contribution in [0.2, 0.25) is 5.02 Å². The van der Waals surface area contributed by atoms with E-state index in [1.54, 1.807) is 60.7 Å². The Hall–Kier alpha value is -4.17. The molecule has 0 N–H and O–H groups in total. The van der Waals surface area contributed by atoms with E-state index in [1.165, 1.54) is 18.3 Å². The van der Waals surface area contributed by atoms with Gasteiger partial charge in [-0.15, -0.1) is 0 Å². The molecule has 0 unspecified atom stereocenters. The van der Waals surface area contributed by atoms with E-state index in [2.05, 4.69) is 10.1 Å². The fourth-order valence-corrected chi connectivity index (χ4v) is 3.68. The van der Waals surface area contributed by atoms with E-state index < -0.39 is 17.3 Å². The molecule has 2 heterocycles. The van der Waals surface area contributed by atoms with Crippen molar-refractivity contribution in [3.8, 4) is 22.7 Å². The second kappa shape index (κ2) is 8.88. The quantitative estimate of drug-likeness (QED) is 0.256. The highest BCUT2D eigenvalue weighted by Gasteiger charge is 2.31. The number of benzene rings is 3. The van der Waals surface area contributed by atoms with Crippen LogP contribution in [-0.2, 0) is 6.18 Å². The lowest BCUT2D eigenvalue weighted by Crippen LogP contribution is -2.20. The molecule has 0 fully saturated rings. The Morgan fingerprint density at radius 1 is 0.914 bits per heavy atom. The summed E-state index contributed by atoms with van der Waals surface area (Å²) in [7, 11) is 0. The smallest absolute Gasteiger partial charge is 0.416 e. The summed E-state index contributed by atoms with van der Waals surface area (Å²) in [5, 5.41) is 5.11. The Labute approximate surface area is 201 Å². The predicted molar refractivity (Wildman–Crippen MR) is 129 cm³/mol. The van der Waals surface area contributed by atoms with Gasteiger partial charge >= 0.3 is 6.18 Å². The van der Waals surface area contributed by atoms with Gasteiger partial charge < -0.3 is 4.42 Å². The first-order chi connectivity index (χ1) is 16.8. The van der Waals surface area contributed by atoms with Crippen molar-refractivity contribution in [1.29, 1.82) is 0 Å². The predicted octanol–water partition coefficient (Wildman–Crippen LogP) is 6.88. The Bertz CT molecular complexity index is 1620. The minimum absolute atomic E-state index is 0.0273. The van der Waals surface area contributed by atoms with E-state index in [9.17, 15) is 18.0 Å². The molecule has 0 aliphatic heterocycles. The van der Waals surface area contributed by atoms with E-state index in [4.69, 9.17) is 16.0 Å². The lowest BCUT2D eigenvalue weighted by atomic mass is 10.1. The molecule has 0 saturated carbocycles. The topological polar surface area (TPSA) is 60.4 Å². The van der Waals surface area contributed by atoms with Crippen molar-refractivity contribution in [2.45, 2.75) is 6.18 Å². The summed E-state index contributed by atoms with van der Waals surface area (Å²) in [6.07, 6.45) is -3.23. The van der Waals surface area contributed by atoms with Crippen molar-refractivity contribution in [3.05, 3.63) is 112 Å². The fourth-order valence-electron chi connectivity index (χ4n) is 3.56. The van der Waals surface area contributed by atoms with E-state index in [1.807, 2.05) is 0 Å². The van der Waals surface area contributed by atoms with Gasteiger partial charge in [-0.25, -0.2) is 4.98 Å². The molecule has 5 rings (SSSR count). The number of halogens is 4. The third-order valence-corrected chi connectivity index (χ3v) is 5.51. The maximum absolute atomic E-state index is 13.3. The van der Waals surface area contributed by atoms with Crippen molar-refractivity contribution in [1.82, 2.24) is 9.66 Å². The number of alkyl halides is 3. The van der Waals surface area contributed by atoms with Crippen molar-refractivity contribution < 1.29 is 17.6 Å². The summed E-state index contributed by atoms with van der Waals surface area (Å²) >= 11 is 5.93. The van der Waals surface area contributed by atoms with Crippen LogP contribution >= 0.6 is 11.6 Å². The molecule has 0 aliphatic rings. The Morgan fingerprint density at radius 3 is 2.46 bits per heavy atom. The van der Waals surface area contributed by atoms with Crippen LogP contribution in [0.3, 0.4) is 0 Å². The van der Waals surface area contributed by atoms with Gasteiger partial charge in [0, 0.05) is 16.1 Å².